The maximum Gasteiger partial charge on any atom is 0.426 e. The predicted molar refractivity (Wildman–Crippen MR) is 169 cm³/mol. The standard InChI is InChI=1S/C18H16F3NO3.C15H13F3N2O5S/c1-11-10-13(15(23)12-6-4-3-5-7-12)8-9-14(11)22-16(24)17(2,25)18(19,20)21;1-14(23,15(16,17)18)13(22)20-11-3-2-10(8-12(11)21)26(24,25)9-4-6-19-7-5-9/h3-10,25H,1-2H3,(H,22,24);2-8,21,23H,1H3,(H,20,22). The number of alkyl halides is 6. The van der Waals surface area contributed by atoms with Crippen LogP contribution in [-0.4, -0.2) is 69.9 Å². The van der Waals surface area contributed by atoms with Crippen LogP contribution in [0.3, 0.4) is 0 Å². The summed E-state index contributed by atoms with van der Waals surface area (Å²) in [4.78, 5) is 38.9. The maximum absolute atomic E-state index is 12.7. The number of amides is 2. The van der Waals surface area contributed by atoms with Gasteiger partial charge in [-0.3, -0.25) is 19.4 Å². The number of nitrogens with one attached hydrogen (secondary N) is 2. The van der Waals surface area contributed by atoms with Crippen LogP contribution in [-0.2, 0) is 19.4 Å². The topological polar surface area (TPSA) is 183 Å². The number of aromatic hydroxyl groups is 1. The zero-order valence-electron chi connectivity index (χ0n) is 26.7. The molecule has 0 radical (unpaired) electrons. The summed E-state index contributed by atoms with van der Waals surface area (Å²) in [5, 5.41) is 32.3. The molecule has 0 aliphatic rings. The number of phenols is 1. The Kier molecular flexibility index (Phi) is 11.7. The van der Waals surface area contributed by atoms with Crippen LogP contribution >= 0.6 is 0 Å². The molecule has 11 nitrogen and oxygen atoms in total. The number of hydrogen-bond donors (Lipinski definition) is 5. The van der Waals surface area contributed by atoms with Crippen molar-refractivity contribution in [1.82, 2.24) is 4.98 Å². The van der Waals surface area contributed by atoms with Crippen LogP contribution in [0.15, 0.2) is 101 Å². The van der Waals surface area contributed by atoms with E-state index in [1.807, 2.05) is 5.32 Å². The van der Waals surface area contributed by atoms with E-state index in [1.165, 1.54) is 42.7 Å². The summed E-state index contributed by atoms with van der Waals surface area (Å²) >= 11 is 0. The molecule has 0 fully saturated rings. The predicted octanol–water partition coefficient (Wildman–Crippen LogP) is 5.35. The van der Waals surface area contributed by atoms with Gasteiger partial charge in [-0.25, -0.2) is 8.42 Å². The van der Waals surface area contributed by atoms with E-state index in [-0.39, 0.29) is 28.2 Å². The summed E-state index contributed by atoms with van der Waals surface area (Å²) in [5.74, 6) is -4.45. The molecule has 3 aromatic carbocycles. The number of benzene rings is 3. The fourth-order valence-corrected chi connectivity index (χ4v) is 5.15. The van der Waals surface area contributed by atoms with E-state index in [9.17, 15) is 64.5 Å². The second kappa shape index (κ2) is 14.9. The third kappa shape index (κ3) is 9.07. The molecule has 0 aliphatic carbocycles. The molecule has 0 aliphatic heterocycles. The van der Waals surface area contributed by atoms with Gasteiger partial charge >= 0.3 is 12.4 Å². The number of anilines is 2. The van der Waals surface area contributed by atoms with E-state index in [2.05, 4.69) is 4.98 Å². The molecule has 2 unspecified atom stereocenters. The Labute approximate surface area is 286 Å². The quantitative estimate of drug-likeness (QED) is 0.0903. The van der Waals surface area contributed by atoms with Crippen LogP contribution < -0.4 is 10.6 Å². The first-order valence-electron chi connectivity index (χ1n) is 14.3. The van der Waals surface area contributed by atoms with Crippen molar-refractivity contribution in [2.24, 2.45) is 0 Å². The minimum absolute atomic E-state index is 0.0825. The molecule has 0 spiro atoms. The smallest absolute Gasteiger partial charge is 0.426 e. The van der Waals surface area contributed by atoms with Gasteiger partial charge in [-0.15, -0.1) is 0 Å². The highest BCUT2D eigenvalue weighted by Gasteiger charge is 2.56. The van der Waals surface area contributed by atoms with Crippen molar-refractivity contribution in [3.8, 4) is 5.75 Å². The normalized spacial score (nSPS) is 14.2. The third-order valence-corrected chi connectivity index (χ3v) is 9.02. The zero-order chi connectivity index (χ0) is 38.6. The number of sulfone groups is 1. The molecule has 4 rings (SSSR count). The van der Waals surface area contributed by atoms with Crippen molar-refractivity contribution < 1.29 is 64.5 Å². The molecule has 1 aromatic heterocycles. The number of aromatic nitrogens is 1. The van der Waals surface area contributed by atoms with Crippen LogP contribution in [0.25, 0.3) is 0 Å². The third-order valence-electron chi connectivity index (χ3n) is 7.25. The summed E-state index contributed by atoms with van der Waals surface area (Å²) < 4.78 is 101. The van der Waals surface area contributed by atoms with Crippen molar-refractivity contribution in [2.75, 3.05) is 10.6 Å². The second-order valence-electron chi connectivity index (χ2n) is 11.1. The minimum atomic E-state index is -5.24. The van der Waals surface area contributed by atoms with Gasteiger partial charge in [0.05, 0.1) is 15.5 Å². The van der Waals surface area contributed by atoms with Crippen LogP contribution in [0.1, 0.15) is 35.3 Å². The first-order chi connectivity index (χ1) is 23.4. The lowest BCUT2D eigenvalue weighted by atomic mass is 10.00. The molecular weight excluding hydrogens is 712 g/mol. The van der Waals surface area contributed by atoms with E-state index >= 15 is 0 Å². The van der Waals surface area contributed by atoms with E-state index in [1.54, 1.807) is 42.6 Å². The Hall–Kier alpha value is -5.33. The highest BCUT2D eigenvalue weighted by atomic mass is 32.2. The Morgan fingerprint density at radius 2 is 1.16 bits per heavy atom. The zero-order valence-corrected chi connectivity index (χ0v) is 27.5. The van der Waals surface area contributed by atoms with Crippen LogP contribution in [0.5, 0.6) is 5.75 Å². The number of aliphatic hydroxyl groups is 2. The summed E-state index contributed by atoms with van der Waals surface area (Å²) in [5.41, 5.74) is -6.41. The summed E-state index contributed by atoms with van der Waals surface area (Å²) in [6.07, 6.45) is -7.84. The number of halogens is 6. The van der Waals surface area contributed by atoms with Crippen LogP contribution in [0.4, 0.5) is 37.7 Å². The average Bonchev–Trinajstić information content (AvgIpc) is 3.06. The summed E-state index contributed by atoms with van der Waals surface area (Å²) in [6, 6.07) is 17.8. The van der Waals surface area contributed by atoms with Crippen LogP contribution in [0, 0.1) is 6.92 Å². The molecule has 0 saturated heterocycles. The van der Waals surface area contributed by atoms with Crippen molar-refractivity contribution in [3.63, 3.8) is 0 Å². The van der Waals surface area contributed by atoms with E-state index in [0.29, 0.717) is 23.6 Å². The lowest BCUT2D eigenvalue weighted by Gasteiger charge is -2.25. The van der Waals surface area contributed by atoms with Crippen LogP contribution in [0.2, 0.25) is 0 Å². The highest BCUT2D eigenvalue weighted by Crippen LogP contribution is 2.34. The van der Waals surface area contributed by atoms with Crippen molar-refractivity contribution in [3.05, 3.63) is 108 Å². The van der Waals surface area contributed by atoms with Gasteiger partial charge in [0.15, 0.2) is 5.78 Å². The van der Waals surface area contributed by atoms with Gasteiger partial charge in [0.25, 0.3) is 11.8 Å². The average molecular weight is 742 g/mol. The number of phenolic OH excluding ortho intramolecular Hbond substituents is 1. The fourth-order valence-electron chi connectivity index (χ4n) is 3.88. The summed E-state index contributed by atoms with van der Waals surface area (Å²) in [6.45, 7) is 2.17. The van der Waals surface area contributed by atoms with Gasteiger partial charge in [-0.05, 0) is 68.8 Å². The molecular formula is C33H29F6N3O8S. The minimum Gasteiger partial charge on any atom is -0.506 e. The van der Waals surface area contributed by atoms with Crippen molar-refractivity contribution in [2.45, 2.75) is 54.1 Å². The molecule has 18 heteroatoms. The van der Waals surface area contributed by atoms with Gasteiger partial charge in [-0.1, -0.05) is 30.3 Å². The van der Waals surface area contributed by atoms with E-state index < -0.39 is 56.6 Å². The molecule has 0 saturated carbocycles. The Balaban J connectivity index is 0.000000276. The lowest BCUT2D eigenvalue weighted by Crippen LogP contribution is -2.52. The number of hydrogen-bond acceptors (Lipinski definition) is 9. The Morgan fingerprint density at radius 3 is 1.63 bits per heavy atom. The van der Waals surface area contributed by atoms with Gasteiger partial charge in [0, 0.05) is 35.3 Å². The molecule has 5 N–H and O–H groups in total. The summed E-state index contributed by atoms with van der Waals surface area (Å²) in [7, 11) is -4.00. The number of pyridine rings is 1. The largest absolute Gasteiger partial charge is 0.506 e. The van der Waals surface area contributed by atoms with E-state index in [0.717, 1.165) is 18.2 Å². The molecule has 1 heterocycles. The van der Waals surface area contributed by atoms with Gasteiger partial charge in [-0.2, -0.15) is 26.3 Å². The second-order valence-corrected chi connectivity index (χ2v) is 13.1. The number of rotatable bonds is 8. The van der Waals surface area contributed by atoms with Crippen molar-refractivity contribution >= 4 is 38.8 Å². The Bertz CT molecular complexity index is 2020. The lowest BCUT2D eigenvalue weighted by molar-refractivity contribution is -0.243. The number of nitrogens with zero attached hydrogens (tertiary/aromatic N) is 1. The van der Waals surface area contributed by atoms with Gasteiger partial charge in [0.2, 0.25) is 21.0 Å². The molecule has 2 atom stereocenters. The van der Waals surface area contributed by atoms with E-state index in [4.69, 9.17) is 0 Å². The molecule has 2 amide bonds. The first kappa shape index (κ1) is 40.1. The first-order valence-corrected chi connectivity index (χ1v) is 15.8. The molecule has 272 valence electrons. The number of carbonyl (C=O) groups excluding carboxylic acids is 3. The van der Waals surface area contributed by atoms with Gasteiger partial charge < -0.3 is 26.0 Å². The number of aryl methyl sites for hydroxylation is 1. The molecule has 51 heavy (non-hydrogen) atoms. The molecule has 4 aromatic rings. The monoisotopic (exact) mass is 741 g/mol. The van der Waals surface area contributed by atoms with Gasteiger partial charge in [0.1, 0.15) is 5.75 Å². The SMILES string of the molecule is CC(O)(C(=O)Nc1ccc(S(=O)(=O)c2ccncc2)cc1O)C(F)(F)F.Cc1cc(C(=O)c2ccccc2)ccc1NC(=O)C(C)(O)C(F)(F)F. The highest BCUT2D eigenvalue weighted by molar-refractivity contribution is 7.91. The maximum atomic E-state index is 12.7. The molecule has 0 bridgehead atoms. The number of ketones is 1. The fraction of sp³-hybridized carbons (Fsp3) is 0.212. The Morgan fingerprint density at radius 1 is 0.667 bits per heavy atom. The van der Waals surface area contributed by atoms with Crippen molar-refractivity contribution in [1.29, 1.82) is 0 Å². The number of carbonyl (C=O) groups is 3.